The summed E-state index contributed by atoms with van der Waals surface area (Å²) in [4.78, 5) is 39.5. The molecule has 2 aromatic rings. The Morgan fingerprint density at radius 1 is 1.24 bits per heavy atom. The Hall–Kier alpha value is -3.01. The van der Waals surface area contributed by atoms with Crippen LogP contribution >= 0.6 is 0 Å². The van der Waals surface area contributed by atoms with Crippen molar-refractivity contribution in [2.45, 2.75) is 45.4 Å². The summed E-state index contributed by atoms with van der Waals surface area (Å²) in [5, 5.41) is 8.74. The van der Waals surface area contributed by atoms with Crippen LogP contribution < -0.4 is 15.5 Å². The van der Waals surface area contributed by atoms with Crippen LogP contribution in [0.25, 0.3) is 11.0 Å². The lowest BCUT2D eigenvalue weighted by Gasteiger charge is -2.55. The number of nitrogens with one attached hydrogen (secondary N) is 2. The van der Waals surface area contributed by atoms with Gasteiger partial charge in [-0.2, -0.15) is 0 Å². The maximum Gasteiger partial charge on any atom is 0.328 e. The van der Waals surface area contributed by atoms with Gasteiger partial charge in [-0.3, -0.25) is 20.2 Å². The number of anilines is 1. The highest BCUT2D eigenvalue weighted by atomic mass is 19.1. The van der Waals surface area contributed by atoms with Crippen LogP contribution in [0.4, 0.5) is 14.9 Å². The number of nitrogens with zero attached hydrogens (tertiary/aromatic N) is 2. The van der Waals surface area contributed by atoms with Crippen molar-refractivity contribution in [2.24, 2.45) is 5.41 Å². The fraction of sp³-hybridized carbons (Fsp3) is 0.474. The summed E-state index contributed by atoms with van der Waals surface area (Å²) in [5.74, 6) is -1.99. The maximum absolute atomic E-state index is 15.5. The molecule has 4 amide bonds. The number of aryl methyl sites for hydroxylation is 1. The van der Waals surface area contributed by atoms with Crippen molar-refractivity contribution in [3.8, 4) is 0 Å². The number of rotatable bonds is 0. The van der Waals surface area contributed by atoms with Gasteiger partial charge in [0.05, 0.1) is 29.6 Å². The van der Waals surface area contributed by atoms with E-state index in [0.29, 0.717) is 16.6 Å². The number of imide groups is 2. The molecule has 3 aliphatic rings. The van der Waals surface area contributed by atoms with E-state index in [1.165, 1.54) is 0 Å². The lowest BCUT2D eigenvalue weighted by molar-refractivity contribution is -0.153. The van der Waals surface area contributed by atoms with Crippen LogP contribution in [0.3, 0.4) is 0 Å². The van der Waals surface area contributed by atoms with Crippen LogP contribution in [-0.2, 0) is 20.7 Å². The van der Waals surface area contributed by atoms with Crippen LogP contribution in [0.5, 0.6) is 0 Å². The second-order valence-corrected chi connectivity index (χ2v) is 7.98. The number of carbonyl (C=O) groups excluding carboxylic acids is 3. The number of amides is 4. The van der Waals surface area contributed by atoms with E-state index < -0.39 is 41.2 Å². The lowest BCUT2D eigenvalue weighted by Crippen LogP contribution is -2.75. The lowest BCUT2D eigenvalue weighted by atomic mass is 9.66. The van der Waals surface area contributed by atoms with E-state index in [2.05, 4.69) is 15.8 Å². The van der Waals surface area contributed by atoms with E-state index in [0.717, 1.165) is 0 Å². The minimum absolute atomic E-state index is 0.0375. The number of halogens is 1. The van der Waals surface area contributed by atoms with Crippen molar-refractivity contribution in [3.05, 3.63) is 23.1 Å². The maximum atomic E-state index is 15.5. The number of benzene rings is 1. The first kappa shape index (κ1) is 18.0. The molecule has 1 aromatic heterocycles. The monoisotopic (exact) mass is 402 g/mol. The summed E-state index contributed by atoms with van der Waals surface area (Å²) in [7, 11) is 0. The molecule has 0 aliphatic carbocycles. The number of hydrogen-bond donors (Lipinski definition) is 2. The summed E-state index contributed by atoms with van der Waals surface area (Å²) in [6.45, 7) is 5.55. The zero-order valence-electron chi connectivity index (χ0n) is 16.0. The predicted molar refractivity (Wildman–Crippen MR) is 97.7 cm³/mol. The highest BCUT2D eigenvalue weighted by Crippen LogP contribution is 2.49. The third-order valence-electron chi connectivity index (χ3n) is 6.15. The Kier molecular flexibility index (Phi) is 3.58. The molecule has 5 rings (SSSR count). The molecule has 1 spiro atoms. The smallest absolute Gasteiger partial charge is 0.328 e. The van der Waals surface area contributed by atoms with E-state index in [1.54, 1.807) is 24.8 Å². The molecule has 0 saturated carbocycles. The highest BCUT2D eigenvalue weighted by Gasteiger charge is 2.63. The first-order chi connectivity index (χ1) is 13.7. The highest BCUT2D eigenvalue weighted by molar-refractivity contribution is 6.20. The number of aromatic nitrogens is 1. The van der Waals surface area contributed by atoms with Crippen LogP contribution in [0.1, 0.15) is 25.1 Å². The summed E-state index contributed by atoms with van der Waals surface area (Å²) >= 11 is 0. The number of morpholine rings is 1. The fourth-order valence-corrected chi connectivity index (χ4v) is 5.06. The van der Waals surface area contributed by atoms with Gasteiger partial charge in [0.2, 0.25) is 17.4 Å². The van der Waals surface area contributed by atoms with Gasteiger partial charge in [-0.05, 0) is 32.4 Å². The minimum atomic E-state index is -1.63. The van der Waals surface area contributed by atoms with Crippen molar-refractivity contribution >= 4 is 34.5 Å². The van der Waals surface area contributed by atoms with E-state index in [-0.39, 0.29) is 30.3 Å². The number of carbonyl (C=O) groups is 3. The molecule has 0 unspecified atom stereocenters. The van der Waals surface area contributed by atoms with E-state index >= 15 is 4.39 Å². The van der Waals surface area contributed by atoms with Crippen molar-refractivity contribution < 1.29 is 28.0 Å². The molecule has 3 atom stereocenters. The van der Waals surface area contributed by atoms with Crippen LogP contribution in [0.2, 0.25) is 0 Å². The first-order valence-corrected chi connectivity index (χ1v) is 9.40. The third kappa shape index (κ3) is 2.23. The molecular weight excluding hydrogens is 383 g/mol. The molecule has 4 heterocycles. The van der Waals surface area contributed by atoms with Gasteiger partial charge in [0, 0.05) is 18.4 Å². The third-order valence-corrected chi connectivity index (χ3v) is 6.15. The Morgan fingerprint density at radius 3 is 2.62 bits per heavy atom. The number of urea groups is 1. The largest absolute Gasteiger partial charge is 0.372 e. The van der Waals surface area contributed by atoms with E-state index in [1.807, 2.05) is 6.92 Å². The average Bonchev–Trinajstić information content (AvgIpc) is 3.00. The fourth-order valence-electron chi connectivity index (χ4n) is 5.06. The molecule has 2 N–H and O–H groups in total. The predicted octanol–water partition coefficient (Wildman–Crippen LogP) is 1.17. The average molecular weight is 402 g/mol. The number of barbiturate groups is 1. The molecule has 152 valence electrons. The van der Waals surface area contributed by atoms with Crippen molar-refractivity contribution in [2.75, 3.05) is 11.4 Å². The second-order valence-electron chi connectivity index (χ2n) is 7.98. The van der Waals surface area contributed by atoms with Crippen molar-refractivity contribution in [1.29, 1.82) is 0 Å². The minimum Gasteiger partial charge on any atom is -0.372 e. The second kappa shape index (κ2) is 5.76. The molecular formula is C19H19FN4O5. The van der Waals surface area contributed by atoms with Crippen LogP contribution in [0, 0.1) is 18.2 Å². The number of fused-ring (bicyclic) bond motifs is 5. The topological polar surface area (TPSA) is 114 Å². The van der Waals surface area contributed by atoms with E-state index in [9.17, 15) is 14.4 Å². The molecule has 29 heavy (non-hydrogen) atoms. The molecule has 1 aromatic carbocycles. The van der Waals surface area contributed by atoms with Gasteiger partial charge in [0.1, 0.15) is 0 Å². The van der Waals surface area contributed by atoms with Crippen LogP contribution in [-0.4, -0.2) is 47.8 Å². The Labute approximate surface area is 164 Å². The van der Waals surface area contributed by atoms with Gasteiger partial charge >= 0.3 is 6.03 Å². The van der Waals surface area contributed by atoms with Crippen LogP contribution in [0.15, 0.2) is 10.6 Å². The van der Waals surface area contributed by atoms with E-state index in [4.69, 9.17) is 9.26 Å². The zero-order chi connectivity index (χ0) is 20.7. The first-order valence-electron chi connectivity index (χ1n) is 9.40. The van der Waals surface area contributed by atoms with Gasteiger partial charge in [0.25, 0.3) is 0 Å². The molecule has 3 aliphatic heterocycles. The SMILES string of the molecule is Cc1noc2c(F)c3c(cc12)CC1(C(=O)NC(=O)NC1=O)[C@@H]1[C@@H](C)O[C@H](C)CN31. The van der Waals surface area contributed by atoms with Gasteiger partial charge in [-0.25, -0.2) is 9.18 Å². The summed E-state index contributed by atoms with van der Waals surface area (Å²) < 4.78 is 26.6. The summed E-state index contributed by atoms with van der Waals surface area (Å²) in [5.41, 5.74) is -0.321. The Morgan fingerprint density at radius 2 is 1.93 bits per heavy atom. The van der Waals surface area contributed by atoms with Gasteiger partial charge < -0.3 is 14.2 Å². The normalized spacial score (nSPS) is 28.2. The standard InChI is InChI=1S/C19H19FN4O5/c1-7-6-24-13-10(4-11-8(2)23-29-14(11)12(13)20)5-19(15(24)9(3)28-7)16(25)21-18(27)22-17(19)26/h4,7,9,15H,5-6H2,1-3H3,(H2,21,22,25,26,27)/t7-,9-,15+/m1/s1. The number of hydrogen-bond acceptors (Lipinski definition) is 7. The van der Waals surface area contributed by atoms with Gasteiger partial charge in [0.15, 0.2) is 11.2 Å². The van der Waals surface area contributed by atoms with Gasteiger partial charge in [-0.1, -0.05) is 5.16 Å². The molecule has 0 radical (unpaired) electrons. The molecule has 2 fully saturated rings. The number of ether oxygens (including phenoxy) is 1. The summed E-state index contributed by atoms with van der Waals surface area (Å²) in [6.07, 6.45) is -0.899. The molecule has 9 nitrogen and oxygen atoms in total. The molecule has 10 heteroatoms. The Bertz CT molecular complexity index is 1080. The molecule has 0 bridgehead atoms. The Balaban J connectivity index is 1.79. The van der Waals surface area contributed by atoms with Gasteiger partial charge in [-0.15, -0.1) is 0 Å². The van der Waals surface area contributed by atoms with Crippen molar-refractivity contribution in [1.82, 2.24) is 15.8 Å². The van der Waals surface area contributed by atoms with Crippen molar-refractivity contribution in [3.63, 3.8) is 0 Å². The quantitative estimate of drug-likeness (QED) is 0.636. The summed E-state index contributed by atoms with van der Waals surface area (Å²) in [6, 6.07) is 0.0480. The zero-order valence-corrected chi connectivity index (χ0v) is 16.0. The molecule has 2 saturated heterocycles.